The second kappa shape index (κ2) is 10.4. The van der Waals surface area contributed by atoms with Gasteiger partial charge in [0, 0.05) is 35.8 Å². The molecule has 186 valence electrons. The number of H-pyrrole nitrogens is 1. The quantitative estimate of drug-likeness (QED) is 0.119. The molecule has 0 spiro atoms. The molecule has 9 nitrogen and oxygen atoms in total. The molecule has 5 N–H and O–H groups in total. The molecule has 0 aliphatic heterocycles. The summed E-state index contributed by atoms with van der Waals surface area (Å²) in [5.41, 5.74) is 9.14. The monoisotopic (exact) mass is 523 g/mol. The van der Waals surface area contributed by atoms with E-state index in [2.05, 4.69) is 20.9 Å². The van der Waals surface area contributed by atoms with Crippen molar-refractivity contribution in [3.05, 3.63) is 77.2 Å². The molecule has 5 aromatic rings. The highest BCUT2D eigenvalue weighted by molar-refractivity contribution is 7.85. The number of aromatic amines is 1. The molecule has 0 saturated carbocycles. The summed E-state index contributed by atoms with van der Waals surface area (Å²) in [5.74, 6) is 0. The molecule has 11 heteroatoms. The van der Waals surface area contributed by atoms with E-state index in [1.807, 2.05) is 60.8 Å². The lowest BCUT2D eigenvalue weighted by Gasteiger charge is -2.06. The van der Waals surface area contributed by atoms with E-state index < -0.39 is 10.1 Å². The molecule has 0 fully saturated rings. The van der Waals surface area contributed by atoms with E-state index in [0.29, 0.717) is 23.6 Å². The average Bonchev–Trinajstić information content (AvgIpc) is 3.17. The van der Waals surface area contributed by atoms with E-state index >= 15 is 0 Å². The van der Waals surface area contributed by atoms with Crippen molar-refractivity contribution in [3.8, 4) is 11.3 Å². The molecule has 0 bridgehead atoms. The van der Waals surface area contributed by atoms with Gasteiger partial charge < -0.3 is 20.6 Å². The average molecular weight is 524 g/mol. The Labute approximate surface area is 212 Å². The van der Waals surface area contributed by atoms with Gasteiger partial charge in [0.15, 0.2) is 5.11 Å². The number of aryl methyl sites for hydroxylation is 1. The lowest BCUT2D eigenvalue weighted by molar-refractivity contribution is 0.490. The summed E-state index contributed by atoms with van der Waals surface area (Å²) in [4.78, 5) is 20.8. The van der Waals surface area contributed by atoms with Gasteiger partial charge in [0.2, 0.25) is 0 Å². The van der Waals surface area contributed by atoms with Crippen LogP contribution in [-0.2, 0) is 16.7 Å². The van der Waals surface area contributed by atoms with Crippen LogP contribution in [0.15, 0.2) is 71.7 Å². The highest BCUT2D eigenvalue weighted by Crippen LogP contribution is 2.29. The topological polar surface area (TPSA) is 143 Å². The Morgan fingerprint density at radius 2 is 1.78 bits per heavy atom. The number of hydrogen-bond acceptors (Lipinski definition) is 5. The van der Waals surface area contributed by atoms with Gasteiger partial charge in [0.25, 0.3) is 15.7 Å². The fourth-order valence-corrected chi connectivity index (χ4v) is 4.14. The highest BCUT2D eigenvalue weighted by Gasteiger charge is 2.15. The van der Waals surface area contributed by atoms with E-state index in [-0.39, 0.29) is 5.56 Å². The van der Waals surface area contributed by atoms with Crippen molar-refractivity contribution in [2.45, 2.75) is 13.0 Å². The van der Waals surface area contributed by atoms with E-state index in [4.69, 9.17) is 27.5 Å². The Morgan fingerprint density at radius 3 is 2.47 bits per heavy atom. The maximum absolute atomic E-state index is 13.0. The number of rotatable bonds is 5. The molecule has 0 saturated heterocycles. The summed E-state index contributed by atoms with van der Waals surface area (Å²) >= 11 is 4.87. The van der Waals surface area contributed by atoms with Crippen molar-refractivity contribution in [1.82, 2.24) is 19.9 Å². The summed E-state index contributed by atoms with van der Waals surface area (Å²) in [6.07, 6.45) is 3.58. The molecule has 5 rings (SSSR count). The Bertz CT molecular complexity index is 1730. The number of nitrogens with two attached hydrogens (primary N) is 1. The Kier molecular flexibility index (Phi) is 7.34. The van der Waals surface area contributed by atoms with E-state index in [1.54, 1.807) is 0 Å². The van der Waals surface area contributed by atoms with Gasteiger partial charge >= 0.3 is 0 Å². The largest absolute Gasteiger partial charge is 0.376 e. The van der Waals surface area contributed by atoms with Crippen LogP contribution in [-0.4, -0.2) is 45.4 Å². The second-order valence-electron chi connectivity index (χ2n) is 8.26. The van der Waals surface area contributed by atoms with Crippen LogP contribution in [0.4, 0.5) is 0 Å². The third kappa shape index (κ3) is 6.06. The number of nitrogens with one attached hydrogen (secondary N) is 2. The molecular formula is C25H25N5O4S2. The van der Waals surface area contributed by atoms with Crippen LogP contribution in [0.25, 0.3) is 44.0 Å². The van der Waals surface area contributed by atoms with Gasteiger partial charge in [-0.3, -0.25) is 9.35 Å². The van der Waals surface area contributed by atoms with Crippen LogP contribution in [0.3, 0.4) is 0 Å². The second-order valence-corrected chi connectivity index (χ2v) is 10.2. The van der Waals surface area contributed by atoms with Crippen molar-refractivity contribution in [3.63, 3.8) is 0 Å². The summed E-state index contributed by atoms with van der Waals surface area (Å²) in [7, 11) is -3.67. The van der Waals surface area contributed by atoms with Gasteiger partial charge in [-0.2, -0.15) is 8.42 Å². The first kappa shape index (κ1) is 25.3. The zero-order valence-corrected chi connectivity index (χ0v) is 21.1. The fourth-order valence-electron chi connectivity index (χ4n) is 4.04. The molecule has 0 aliphatic carbocycles. The maximum Gasteiger partial charge on any atom is 0.275 e. The van der Waals surface area contributed by atoms with Crippen LogP contribution >= 0.6 is 12.2 Å². The predicted octanol–water partition coefficient (Wildman–Crippen LogP) is 3.43. The molecule has 2 heterocycles. The third-order valence-corrected chi connectivity index (χ3v) is 5.62. The van der Waals surface area contributed by atoms with Gasteiger partial charge in [0.1, 0.15) is 5.69 Å². The van der Waals surface area contributed by atoms with Crippen LogP contribution in [0.1, 0.15) is 6.42 Å². The molecular weight excluding hydrogens is 498 g/mol. The van der Waals surface area contributed by atoms with E-state index in [1.165, 1.54) is 0 Å². The molecule has 0 atom stereocenters. The summed E-state index contributed by atoms with van der Waals surface area (Å²) < 4.78 is 28.0. The smallest absolute Gasteiger partial charge is 0.275 e. The zero-order chi connectivity index (χ0) is 25.9. The van der Waals surface area contributed by atoms with Crippen LogP contribution in [0.2, 0.25) is 0 Å². The van der Waals surface area contributed by atoms with Gasteiger partial charge in [-0.05, 0) is 47.6 Å². The normalized spacial score (nSPS) is 11.4. The number of para-hydroxylation sites is 1. The Hall–Kier alpha value is -3.80. The van der Waals surface area contributed by atoms with Crippen molar-refractivity contribution in [2.24, 2.45) is 5.73 Å². The lowest BCUT2D eigenvalue weighted by atomic mass is 10.1. The third-order valence-electron chi connectivity index (χ3n) is 5.48. The maximum atomic E-state index is 13.0. The van der Waals surface area contributed by atoms with Crippen molar-refractivity contribution >= 4 is 60.2 Å². The number of aromatic nitrogens is 3. The highest BCUT2D eigenvalue weighted by atomic mass is 32.2. The Morgan fingerprint density at radius 1 is 1.14 bits per heavy atom. The van der Waals surface area contributed by atoms with E-state index in [9.17, 15) is 13.2 Å². The summed E-state index contributed by atoms with van der Waals surface area (Å²) in [5, 5.41) is 6.44. The van der Waals surface area contributed by atoms with Crippen LogP contribution in [0.5, 0.6) is 0 Å². The minimum atomic E-state index is -3.67. The number of thiocarbonyl (C=S) groups is 1. The van der Waals surface area contributed by atoms with Crippen molar-refractivity contribution in [2.75, 3.05) is 12.8 Å². The molecule has 0 amide bonds. The standard InChI is InChI=1S/C24H21N5OS.CH4O3S/c25-24(31)26-10-5-11-29-14-18(17-8-3-4-9-21(17)29)22-23(30)28-20-13-16-7-2-1-6-15(16)12-19(20)27-22;1-5(2,3)4/h1-4,6-9,12-14H,5,10-11H2,(H,28,30)(H3,25,26,31);1H3,(H,2,3,4). The van der Waals surface area contributed by atoms with Crippen molar-refractivity contribution < 1.29 is 13.0 Å². The molecule has 0 unspecified atom stereocenters. The summed E-state index contributed by atoms with van der Waals surface area (Å²) in [6.45, 7) is 1.46. The minimum absolute atomic E-state index is 0.194. The van der Waals surface area contributed by atoms with Crippen LogP contribution in [0, 0.1) is 0 Å². The number of fused-ring (bicyclic) bond motifs is 3. The molecule has 2 aromatic heterocycles. The molecule has 36 heavy (non-hydrogen) atoms. The first-order valence-corrected chi connectivity index (χ1v) is 13.3. The number of benzene rings is 3. The number of hydrogen-bond donors (Lipinski definition) is 4. The van der Waals surface area contributed by atoms with Crippen molar-refractivity contribution in [1.29, 1.82) is 0 Å². The number of nitrogens with zero attached hydrogens (tertiary/aromatic N) is 2. The minimum Gasteiger partial charge on any atom is -0.376 e. The van der Waals surface area contributed by atoms with Gasteiger partial charge in [-0.25, -0.2) is 4.98 Å². The van der Waals surface area contributed by atoms with Gasteiger partial charge in [-0.1, -0.05) is 42.5 Å². The predicted molar refractivity (Wildman–Crippen MR) is 148 cm³/mol. The molecule has 0 radical (unpaired) electrons. The SMILES string of the molecule is CS(=O)(=O)O.NC(=S)NCCCn1cc(-c2nc3cc4ccccc4cc3[nH]c2=O)c2ccccc21. The lowest BCUT2D eigenvalue weighted by Crippen LogP contribution is -2.30. The van der Waals surface area contributed by atoms with E-state index in [0.717, 1.165) is 51.2 Å². The first-order chi connectivity index (χ1) is 17.1. The first-order valence-electron chi connectivity index (χ1n) is 11.1. The van der Waals surface area contributed by atoms with Crippen LogP contribution < -0.4 is 16.6 Å². The fraction of sp³-hybridized carbons (Fsp3) is 0.160. The zero-order valence-electron chi connectivity index (χ0n) is 19.4. The molecule has 0 aliphatic rings. The molecule has 3 aromatic carbocycles. The Balaban J connectivity index is 0.000000556. The summed E-state index contributed by atoms with van der Waals surface area (Å²) in [6, 6.07) is 20.1. The van der Waals surface area contributed by atoms with Gasteiger partial charge in [-0.15, -0.1) is 0 Å². The van der Waals surface area contributed by atoms with Gasteiger partial charge in [0.05, 0.1) is 17.3 Å².